The van der Waals surface area contributed by atoms with Gasteiger partial charge in [0, 0.05) is 43.8 Å². The summed E-state index contributed by atoms with van der Waals surface area (Å²) in [6.07, 6.45) is 8.74. The molecule has 0 saturated heterocycles. The van der Waals surface area contributed by atoms with E-state index in [0.717, 1.165) is 46.5 Å². The highest BCUT2D eigenvalue weighted by atomic mass is 16.3. The van der Waals surface area contributed by atoms with Gasteiger partial charge in [0.2, 0.25) is 5.91 Å². The van der Waals surface area contributed by atoms with Gasteiger partial charge in [0.05, 0.1) is 24.5 Å². The number of benzene rings is 1. The number of nitrogens with zero attached hydrogens (tertiary/aromatic N) is 6. The van der Waals surface area contributed by atoms with E-state index in [-0.39, 0.29) is 5.91 Å². The molecule has 0 saturated carbocycles. The topological polar surface area (TPSA) is 82.0 Å². The highest BCUT2D eigenvalue weighted by Crippen LogP contribution is 2.32. The lowest BCUT2D eigenvalue weighted by Gasteiger charge is -2.27. The van der Waals surface area contributed by atoms with Gasteiger partial charge < -0.3 is 9.32 Å². The van der Waals surface area contributed by atoms with Gasteiger partial charge in [-0.15, -0.1) is 5.10 Å². The van der Waals surface area contributed by atoms with E-state index >= 15 is 0 Å². The maximum absolute atomic E-state index is 12.7. The summed E-state index contributed by atoms with van der Waals surface area (Å²) < 4.78 is 9.60. The molecule has 31 heavy (non-hydrogen) atoms. The lowest BCUT2D eigenvalue weighted by molar-refractivity contribution is -0.131. The summed E-state index contributed by atoms with van der Waals surface area (Å²) in [7, 11) is 1.92. The minimum absolute atomic E-state index is 0.139. The first-order chi connectivity index (χ1) is 15.1. The zero-order valence-electron chi connectivity index (χ0n) is 17.7. The fourth-order valence-electron chi connectivity index (χ4n) is 4.00. The van der Waals surface area contributed by atoms with Crippen LogP contribution in [0.2, 0.25) is 0 Å². The predicted molar refractivity (Wildman–Crippen MR) is 117 cm³/mol. The van der Waals surface area contributed by atoms with Crippen molar-refractivity contribution in [3.63, 3.8) is 0 Å². The average Bonchev–Trinajstić information content (AvgIpc) is 3.52. The summed E-state index contributed by atoms with van der Waals surface area (Å²) in [5.74, 6) is 0.958. The smallest absolute Gasteiger partial charge is 0.224 e. The molecule has 0 fully saturated rings. The third-order valence-electron chi connectivity index (χ3n) is 5.92. The number of fused-ring (bicyclic) bond motifs is 1. The van der Waals surface area contributed by atoms with Crippen molar-refractivity contribution in [3.8, 4) is 11.3 Å². The number of hydrogen-bond acceptors (Lipinski definition) is 5. The van der Waals surface area contributed by atoms with Gasteiger partial charge in [0.1, 0.15) is 11.3 Å². The van der Waals surface area contributed by atoms with Gasteiger partial charge in [0.15, 0.2) is 0 Å². The Balaban J connectivity index is 1.33. The van der Waals surface area contributed by atoms with Crippen molar-refractivity contribution in [1.29, 1.82) is 0 Å². The predicted octanol–water partition coefficient (Wildman–Crippen LogP) is 3.44. The zero-order valence-corrected chi connectivity index (χ0v) is 17.7. The van der Waals surface area contributed by atoms with E-state index in [1.807, 2.05) is 35.8 Å². The SMILES string of the molecule is Cc1c(-c2cc3cc(C4=CCCN(C(=O)CCn5ccnn5)C4)ccc3o2)cnn1C. The van der Waals surface area contributed by atoms with Gasteiger partial charge in [-0.25, -0.2) is 0 Å². The van der Waals surface area contributed by atoms with E-state index < -0.39 is 0 Å². The number of rotatable bonds is 5. The third-order valence-corrected chi connectivity index (χ3v) is 5.92. The first-order valence-electron chi connectivity index (χ1n) is 10.4. The number of amides is 1. The largest absolute Gasteiger partial charge is 0.456 e. The molecule has 0 unspecified atom stereocenters. The van der Waals surface area contributed by atoms with E-state index in [0.29, 0.717) is 19.5 Å². The Hall–Kier alpha value is -3.68. The van der Waals surface area contributed by atoms with Crippen LogP contribution in [0.3, 0.4) is 0 Å². The van der Waals surface area contributed by atoms with Crippen molar-refractivity contribution in [2.24, 2.45) is 7.05 Å². The molecule has 1 aliphatic heterocycles. The standard InChI is InChI=1S/C23H24N6O2/c1-16-20(14-25-27(16)2)22-13-19-12-17(5-6-21(19)31-22)18-4-3-9-28(15-18)23(30)7-10-29-11-8-24-26-29/h4-6,8,11-14H,3,7,9-10,15H2,1-2H3. The summed E-state index contributed by atoms with van der Waals surface area (Å²) in [6.45, 7) is 3.94. The summed E-state index contributed by atoms with van der Waals surface area (Å²) >= 11 is 0. The van der Waals surface area contributed by atoms with E-state index in [1.54, 1.807) is 17.1 Å². The highest BCUT2D eigenvalue weighted by Gasteiger charge is 2.20. The molecule has 5 rings (SSSR count). The minimum atomic E-state index is 0.139. The Bertz CT molecular complexity index is 1260. The van der Waals surface area contributed by atoms with Crippen LogP contribution in [0.4, 0.5) is 0 Å². The number of furan rings is 1. The van der Waals surface area contributed by atoms with Gasteiger partial charge >= 0.3 is 0 Å². The van der Waals surface area contributed by atoms with Gasteiger partial charge in [-0.2, -0.15) is 5.10 Å². The van der Waals surface area contributed by atoms with Crippen molar-refractivity contribution >= 4 is 22.4 Å². The number of carbonyl (C=O) groups is 1. The maximum atomic E-state index is 12.7. The van der Waals surface area contributed by atoms with Crippen molar-refractivity contribution < 1.29 is 9.21 Å². The maximum Gasteiger partial charge on any atom is 0.224 e. The Morgan fingerprint density at radius 1 is 1.26 bits per heavy atom. The second-order valence-corrected chi connectivity index (χ2v) is 7.88. The molecule has 0 spiro atoms. The number of aromatic nitrogens is 5. The van der Waals surface area contributed by atoms with E-state index in [9.17, 15) is 4.79 Å². The van der Waals surface area contributed by atoms with Gasteiger partial charge in [0.25, 0.3) is 0 Å². The monoisotopic (exact) mass is 416 g/mol. The molecule has 0 atom stereocenters. The van der Waals surface area contributed by atoms with E-state index in [4.69, 9.17) is 4.42 Å². The van der Waals surface area contributed by atoms with Crippen LogP contribution in [0, 0.1) is 6.92 Å². The molecule has 1 aromatic carbocycles. The highest BCUT2D eigenvalue weighted by molar-refractivity contribution is 5.87. The Morgan fingerprint density at radius 3 is 2.94 bits per heavy atom. The Labute approximate surface area is 179 Å². The molecule has 0 aliphatic carbocycles. The molecule has 4 aromatic rings. The van der Waals surface area contributed by atoms with Gasteiger partial charge in [-0.3, -0.25) is 14.2 Å². The van der Waals surface area contributed by atoms with Crippen molar-refractivity contribution in [2.45, 2.75) is 26.3 Å². The van der Waals surface area contributed by atoms with Gasteiger partial charge in [-0.05, 0) is 42.7 Å². The fourth-order valence-corrected chi connectivity index (χ4v) is 4.00. The Morgan fingerprint density at radius 2 is 2.16 bits per heavy atom. The van der Waals surface area contributed by atoms with Gasteiger partial charge in [-0.1, -0.05) is 17.4 Å². The second-order valence-electron chi connectivity index (χ2n) is 7.88. The summed E-state index contributed by atoms with van der Waals surface area (Å²) in [4.78, 5) is 14.6. The average molecular weight is 416 g/mol. The Kier molecular flexibility index (Phi) is 4.89. The first kappa shape index (κ1) is 19.3. The molecule has 3 aromatic heterocycles. The summed E-state index contributed by atoms with van der Waals surface area (Å²) in [6, 6.07) is 8.28. The molecule has 8 heteroatoms. The minimum Gasteiger partial charge on any atom is -0.456 e. The van der Waals surface area contributed by atoms with Crippen molar-refractivity contribution in [1.82, 2.24) is 29.7 Å². The summed E-state index contributed by atoms with van der Waals surface area (Å²) in [5, 5.41) is 13.1. The normalized spacial score (nSPS) is 14.3. The van der Waals surface area contributed by atoms with Crippen molar-refractivity contribution in [2.75, 3.05) is 13.1 Å². The molecule has 0 radical (unpaired) electrons. The molecule has 1 aliphatic rings. The van der Waals surface area contributed by atoms with Crippen LogP contribution in [0.25, 0.3) is 27.9 Å². The molecule has 1 amide bonds. The summed E-state index contributed by atoms with van der Waals surface area (Å²) in [5.41, 5.74) is 5.20. The molecule has 158 valence electrons. The van der Waals surface area contributed by atoms with Crippen LogP contribution < -0.4 is 0 Å². The van der Waals surface area contributed by atoms with Crippen LogP contribution in [0.1, 0.15) is 24.1 Å². The van der Waals surface area contributed by atoms with Crippen LogP contribution >= 0.6 is 0 Å². The third kappa shape index (κ3) is 3.76. The molecule has 0 N–H and O–H groups in total. The molecule has 8 nitrogen and oxygen atoms in total. The molecule has 4 heterocycles. The first-order valence-corrected chi connectivity index (χ1v) is 10.4. The zero-order chi connectivity index (χ0) is 21.4. The van der Waals surface area contributed by atoms with Crippen LogP contribution in [-0.2, 0) is 18.4 Å². The number of hydrogen-bond donors (Lipinski definition) is 0. The van der Waals surface area contributed by atoms with E-state index in [2.05, 4.69) is 39.7 Å². The molecule has 0 bridgehead atoms. The quantitative estimate of drug-likeness (QED) is 0.498. The number of carbonyl (C=O) groups excluding carboxylic acids is 1. The fraction of sp³-hybridized carbons (Fsp3) is 0.304. The van der Waals surface area contributed by atoms with Crippen LogP contribution in [-0.4, -0.2) is 48.7 Å². The van der Waals surface area contributed by atoms with Crippen LogP contribution in [0.5, 0.6) is 0 Å². The van der Waals surface area contributed by atoms with Crippen LogP contribution in [0.15, 0.2) is 53.3 Å². The van der Waals surface area contributed by atoms with Crippen molar-refractivity contribution in [3.05, 3.63) is 60.2 Å². The molecular weight excluding hydrogens is 392 g/mol. The second kappa shape index (κ2) is 7.86. The molecular formula is C23H24N6O2. The van der Waals surface area contributed by atoms with E-state index in [1.165, 1.54) is 5.57 Å². The lowest BCUT2D eigenvalue weighted by Crippen LogP contribution is -2.35. The lowest BCUT2D eigenvalue weighted by atomic mass is 9.99. The number of aryl methyl sites for hydroxylation is 2.